The summed E-state index contributed by atoms with van der Waals surface area (Å²) in [6.07, 6.45) is 0.366. The van der Waals surface area contributed by atoms with Gasteiger partial charge in [-0.3, -0.25) is 9.69 Å². The average Bonchev–Trinajstić information content (AvgIpc) is 3.31. The molecule has 0 bridgehead atoms. The highest BCUT2D eigenvalue weighted by molar-refractivity contribution is 6.34. The number of nitrogens with one attached hydrogen (secondary N) is 1. The lowest BCUT2D eigenvalue weighted by atomic mass is 10.1. The second kappa shape index (κ2) is 11.1. The van der Waals surface area contributed by atoms with E-state index in [9.17, 15) is 14.7 Å². The molecule has 2 aromatic rings. The molecule has 1 aliphatic rings. The van der Waals surface area contributed by atoms with E-state index in [0.717, 1.165) is 37.2 Å². The number of nitrogens with zero attached hydrogens (tertiary/aromatic N) is 2. The first-order chi connectivity index (χ1) is 16.0. The maximum atomic E-state index is 12.9. The third kappa shape index (κ3) is 6.87. The molecule has 1 unspecified atom stereocenters. The van der Waals surface area contributed by atoms with Gasteiger partial charge in [-0.15, -0.1) is 0 Å². The van der Waals surface area contributed by atoms with Crippen molar-refractivity contribution in [2.75, 3.05) is 18.0 Å². The van der Waals surface area contributed by atoms with Gasteiger partial charge in [-0.25, -0.2) is 4.79 Å². The minimum absolute atomic E-state index is 0.217. The fourth-order valence-electron chi connectivity index (χ4n) is 3.84. The van der Waals surface area contributed by atoms with E-state index in [1.54, 1.807) is 39.8 Å². The van der Waals surface area contributed by atoms with Gasteiger partial charge in [0.25, 0.3) is 5.91 Å². The number of anilines is 1. The van der Waals surface area contributed by atoms with Crippen LogP contribution in [-0.4, -0.2) is 53.0 Å². The van der Waals surface area contributed by atoms with Gasteiger partial charge in [0.1, 0.15) is 11.8 Å². The Kier molecular flexibility index (Phi) is 8.44. The first kappa shape index (κ1) is 25.8. The maximum absolute atomic E-state index is 12.9. The summed E-state index contributed by atoms with van der Waals surface area (Å²) in [6.45, 7) is 9.16. The van der Waals surface area contributed by atoms with E-state index in [2.05, 4.69) is 10.2 Å². The van der Waals surface area contributed by atoms with E-state index in [1.807, 2.05) is 36.4 Å². The van der Waals surface area contributed by atoms with E-state index < -0.39 is 29.9 Å². The van der Waals surface area contributed by atoms with Gasteiger partial charge in [0, 0.05) is 25.3 Å². The smallest absolute Gasteiger partial charge is 0.410 e. The number of aliphatic hydroxyl groups excluding tert-OH is 1. The molecule has 2 atom stereocenters. The highest BCUT2D eigenvalue weighted by Crippen LogP contribution is 2.26. The van der Waals surface area contributed by atoms with Crippen molar-refractivity contribution < 1.29 is 19.4 Å². The van der Waals surface area contributed by atoms with Gasteiger partial charge in [0.2, 0.25) is 0 Å². The largest absolute Gasteiger partial charge is 0.444 e. The summed E-state index contributed by atoms with van der Waals surface area (Å²) in [5.74, 6) is -0.513. The molecule has 1 heterocycles. The molecule has 1 fully saturated rings. The predicted octanol–water partition coefficient (Wildman–Crippen LogP) is 4.81. The molecule has 0 aromatic heterocycles. The Bertz CT molecular complexity index is 987. The molecule has 2 aromatic carbocycles. The highest BCUT2D eigenvalue weighted by atomic mass is 35.5. The van der Waals surface area contributed by atoms with Gasteiger partial charge in [-0.1, -0.05) is 41.9 Å². The third-order valence-electron chi connectivity index (χ3n) is 5.72. The summed E-state index contributed by atoms with van der Waals surface area (Å²) in [7, 11) is 0. The monoisotopic (exact) mass is 487 g/mol. The number of ether oxygens (including phenoxy) is 1. The zero-order chi connectivity index (χ0) is 24.9. The second-order valence-electron chi connectivity index (χ2n) is 9.61. The van der Waals surface area contributed by atoms with Gasteiger partial charge in [0.05, 0.1) is 16.6 Å². The molecular formula is C26H34ClN3O4. The van der Waals surface area contributed by atoms with Crippen LogP contribution in [0.2, 0.25) is 5.02 Å². The van der Waals surface area contributed by atoms with Crippen LogP contribution < -0.4 is 10.2 Å². The van der Waals surface area contributed by atoms with Crippen LogP contribution in [0.5, 0.6) is 0 Å². The molecule has 3 rings (SSSR count). The van der Waals surface area contributed by atoms with Crippen molar-refractivity contribution in [2.45, 2.75) is 65.0 Å². The normalized spacial score (nSPS) is 15.5. The minimum atomic E-state index is -1.34. The Labute approximate surface area is 206 Å². The maximum Gasteiger partial charge on any atom is 0.410 e. The molecule has 34 heavy (non-hydrogen) atoms. The Morgan fingerprint density at radius 1 is 1.15 bits per heavy atom. The third-order valence-corrected chi connectivity index (χ3v) is 6.03. The summed E-state index contributed by atoms with van der Waals surface area (Å²) in [5.41, 5.74) is 1.42. The Hall–Kier alpha value is -2.77. The summed E-state index contributed by atoms with van der Waals surface area (Å²) in [5, 5.41) is 13.7. The standard InChI is InChI=1S/C26H34ClN3O4/c1-18(30(25(33)34-26(2,3)4)17-19-10-6-5-7-11-19)23(31)28-24(32)21-13-12-20(16-22(21)27)29-14-8-9-15-29/h5-7,10-13,16,18,23,31H,8-9,14-15,17H2,1-4H3,(H,28,32)/t18-,23?/m1/s1. The number of hydrogen-bond acceptors (Lipinski definition) is 5. The SMILES string of the molecule is C[C@H](C(O)NC(=O)c1ccc(N2CCCC2)cc1Cl)N(Cc1ccccc1)C(=O)OC(C)(C)C. The number of hydrogen-bond donors (Lipinski definition) is 2. The quantitative estimate of drug-likeness (QED) is 0.547. The van der Waals surface area contributed by atoms with Crippen LogP contribution in [-0.2, 0) is 11.3 Å². The number of aliphatic hydroxyl groups is 1. The lowest BCUT2D eigenvalue weighted by molar-refractivity contribution is -0.0109. The summed E-state index contributed by atoms with van der Waals surface area (Å²) in [4.78, 5) is 29.5. The van der Waals surface area contributed by atoms with E-state index in [0.29, 0.717) is 5.02 Å². The van der Waals surface area contributed by atoms with E-state index in [-0.39, 0.29) is 12.1 Å². The zero-order valence-electron chi connectivity index (χ0n) is 20.3. The predicted molar refractivity (Wildman–Crippen MR) is 134 cm³/mol. The molecular weight excluding hydrogens is 454 g/mol. The van der Waals surface area contributed by atoms with Crippen LogP contribution in [0.1, 0.15) is 56.5 Å². The Balaban J connectivity index is 1.72. The molecule has 184 valence electrons. The fourth-order valence-corrected chi connectivity index (χ4v) is 4.10. The van der Waals surface area contributed by atoms with Crippen molar-refractivity contribution in [1.29, 1.82) is 0 Å². The molecule has 0 saturated carbocycles. The van der Waals surface area contributed by atoms with Gasteiger partial charge >= 0.3 is 6.09 Å². The van der Waals surface area contributed by atoms with Crippen LogP contribution in [0, 0.1) is 0 Å². The number of carbonyl (C=O) groups is 2. The van der Waals surface area contributed by atoms with Crippen LogP contribution in [0.15, 0.2) is 48.5 Å². The Morgan fingerprint density at radius 2 is 1.79 bits per heavy atom. The van der Waals surface area contributed by atoms with Crippen molar-refractivity contribution in [3.05, 3.63) is 64.7 Å². The Morgan fingerprint density at radius 3 is 2.38 bits per heavy atom. The van der Waals surface area contributed by atoms with Gasteiger partial charge in [-0.2, -0.15) is 0 Å². The van der Waals surface area contributed by atoms with E-state index in [4.69, 9.17) is 16.3 Å². The van der Waals surface area contributed by atoms with Crippen LogP contribution in [0.3, 0.4) is 0 Å². The number of rotatable bonds is 7. The van der Waals surface area contributed by atoms with Gasteiger partial charge in [-0.05, 0) is 64.3 Å². The molecule has 1 saturated heterocycles. The van der Waals surface area contributed by atoms with Crippen molar-refractivity contribution in [1.82, 2.24) is 10.2 Å². The number of benzene rings is 2. The van der Waals surface area contributed by atoms with Crippen molar-refractivity contribution in [3.8, 4) is 0 Å². The molecule has 2 amide bonds. The van der Waals surface area contributed by atoms with Crippen molar-refractivity contribution in [2.24, 2.45) is 0 Å². The molecule has 0 radical (unpaired) electrons. The number of carbonyl (C=O) groups excluding carboxylic acids is 2. The van der Waals surface area contributed by atoms with E-state index in [1.165, 1.54) is 4.90 Å². The highest BCUT2D eigenvalue weighted by Gasteiger charge is 2.31. The zero-order valence-corrected chi connectivity index (χ0v) is 21.0. The van der Waals surface area contributed by atoms with Crippen LogP contribution >= 0.6 is 11.6 Å². The lowest BCUT2D eigenvalue weighted by Gasteiger charge is -2.34. The van der Waals surface area contributed by atoms with Gasteiger partial charge in [0.15, 0.2) is 0 Å². The lowest BCUT2D eigenvalue weighted by Crippen LogP contribution is -2.53. The summed E-state index contributed by atoms with van der Waals surface area (Å²) < 4.78 is 5.55. The van der Waals surface area contributed by atoms with E-state index >= 15 is 0 Å². The average molecular weight is 488 g/mol. The summed E-state index contributed by atoms with van der Waals surface area (Å²) in [6, 6.07) is 14.0. The minimum Gasteiger partial charge on any atom is -0.444 e. The summed E-state index contributed by atoms with van der Waals surface area (Å²) >= 11 is 6.40. The molecule has 2 N–H and O–H groups in total. The number of halogens is 1. The van der Waals surface area contributed by atoms with Crippen LogP contribution in [0.25, 0.3) is 0 Å². The van der Waals surface area contributed by atoms with Crippen LogP contribution in [0.4, 0.5) is 10.5 Å². The molecule has 0 spiro atoms. The topological polar surface area (TPSA) is 82.1 Å². The fraction of sp³-hybridized carbons (Fsp3) is 0.462. The van der Waals surface area contributed by atoms with Gasteiger partial charge < -0.3 is 20.1 Å². The molecule has 1 aliphatic heterocycles. The molecule has 8 heteroatoms. The molecule has 0 aliphatic carbocycles. The number of amides is 2. The second-order valence-corrected chi connectivity index (χ2v) is 10.0. The van der Waals surface area contributed by atoms with Crippen molar-refractivity contribution in [3.63, 3.8) is 0 Å². The molecule has 7 nitrogen and oxygen atoms in total. The van der Waals surface area contributed by atoms with Crippen molar-refractivity contribution >= 4 is 29.3 Å². The first-order valence-corrected chi connectivity index (χ1v) is 12.0. The first-order valence-electron chi connectivity index (χ1n) is 11.6.